The van der Waals surface area contributed by atoms with Crippen molar-refractivity contribution in [2.24, 2.45) is 0 Å². The summed E-state index contributed by atoms with van der Waals surface area (Å²) in [7, 11) is 0. The first-order valence-electron chi connectivity index (χ1n) is 7.65. The maximum atomic E-state index is 4.41. The lowest BCUT2D eigenvalue weighted by Gasteiger charge is -2.27. The molecule has 1 saturated carbocycles. The van der Waals surface area contributed by atoms with Crippen molar-refractivity contribution in [2.75, 3.05) is 26.2 Å². The van der Waals surface area contributed by atoms with Crippen molar-refractivity contribution in [2.45, 2.75) is 51.6 Å². The van der Waals surface area contributed by atoms with Gasteiger partial charge in [-0.2, -0.15) is 5.10 Å². The van der Waals surface area contributed by atoms with Gasteiger partial charge in [0.15, 0.2) is 5.82 Å². The van der Waals surface area contributed by atoms with Crippen molar-refractivity contribution in [1.29, 1.82) is 0 Å². The molecule has 3 rings (SSSR count). The second kappa shape index (κ2) is 6.01. The highest BCUT2D eigenvalue weighted by Gasteiger charge is 2.24. The second-order valence-electron chi connectivity index (χ2n) is 5.94. The predicted octanol–water partition coefficient (Wildman–Crippen LogP) is 1.56. The van der Waals surface area contributed by atoms with Gasteiger partial charge in [-0.25, -0.2) is 4.98 Å². The molecule has 0 spiro atoms. The highest BCUT2D eigenvalue weighted by Crippen LogP contribution is 2.24. The van der Waals surface area contributed by atoms with Crippen LogP contribution in [0.2, 0.25) is 0 Å². The molecule has 1 saturated heterocycles. The van der Waals surface area contributed by atoms with Crippen LogP contribution in [0.4, 0.5) is 0 Å². The van der Waals surface area contributed by atoms with E-state index in [-0.39, 0.29) is 0 Å². The summed E-state index contributed by atoms with van der Waals surface area (Å²) in [5.74, 6) is 1.85. The fourth-order valence-electron chi connectivity index (χ4n) is 3.44. The molecule has 1 N–H and O–H groups in total. The fraction of sp³-hybridized carbons (Fsp3) is 0.857. The number of aryl methyl sites for hydroxylation is 1. The molecular formula is C14H25N5. The van der Waals surface area contributed by atoms with E-state index in [0.717, 1.165) is 30.8 Å². The minimum atomic E-state index is 0.866. The Bertz CT molecular complexity index is 396. The summed E-state index contributed by atoms with van der Waals surface area (Å²) in [5, 5.41) is 7.17. The van der Waals surface area contributed by atoms with Crippen molar-refractivity contribution in [1.82, 2.24) is 25.0 Å². The molecule has 1 aliphatic heterocycles. The highest BCUT2D eigenvalue weighted by atomic mass is 15.3. The van der Waals surface area contributed by atoms with E-state index in [4.69, 9.17) is 0 Å². The van der Waals surface area contributed by atoms with E-state index in [2.05, 4.69) is 25.0 Å². The number of aromatic amines is 1. The quantitative estimate of drug-likeness (QED) is 0.899. The third kappa shape index (κ3) is 3.34. The Morgan fingerprint density at radius 2 is 1.95 bits per heavy atom. The summed E-state index contributed by atoms with van der Waals surface area (Å²) in [6.07, 6.45) is 6.98. The van der Waals surface area contributed by atoms with Gasteiger partial charge in [-0.3, -0.25) is 14.9 Å². The van der Waals surface area contributed by atoms with Crippen LogP contribution >= 0.6 is 0 Å². The molecular weight excluding hydrogens is 238 g/mol. The summed E-state index contributed by atoms with van der Waals surface area (Å²) in [6, 6.07) is 0.866. The van der Waals surface area contributed by atoms with Crippen molar-refractivity contribution >= 4 is 0 Å². The lowest BCUT2D eigenvalue weighted by atomic mass is 10.2. The van der Waals surface area contributed by atoms with Crippen molar-refractivity contribution in [3.05, 3.63) is 11.6 Å². The maximum Gasteiger partial charge on any atom is 0.164 e. The zero-order valence-corrected chi connectivity index (χ0v) is 11.9. The van der Waals surface area contributed by atoms with Crippen LogP contribution in [-0.4, -0.2) is 57.2 Å². The molecule has 2 fully saturated rings. The van der Waals surface area contributed by atoms with E-state index in [1.807, 2.05) is 6.92 Å². The first-order chi connectivity index (χ1) is 9.31. The molecule has 1 aromatic rings. The fourth-order valence-corrected chi connectivity index (χ4v) is 3.44. The minimum absolute atomic E-state index is 0.866. The maximum absolute atomic E-state index is 4.41. The van der Waals surface area contributed by atoms with E-state index in [0.29, 0.717) is 0 Å². The third-order valence-corrected chi connectivity index (χ3v) is 4.47. The van der Waals surface area contributed by atoms with Crippen LogP contribution in [-0.2, 0) is 6.54 Å². The molecule has 1 aromatic heterocycles. The molecule has 1 aliphatic carbocycles. The number of rotatable bonds is 3. The van der Waals surface area contributed by atoms with E-state index in [1.54, 1.807) is 0 Å². The Labute approximate surface area is 115 Å². The van der Waals surface area contributed by atoms with Gasteiger partial charge in [0.05, 0.1) is 6.54 Å². The minimum Gasteiger partial charge on any atom is -0.299 e. The molecule has 0 atom stereocenters. The average Bonchev–Trinajstić information content (AvgIpc) is 3.00. The van der Waals surface area contributed by atoms with Gasteiger partial charge >= 0.3 is 0 Å². The second-order valence-corrected chi connectivity index (χ2v) is 5.94. The van der Waals surface area contributed by atoms with Crippen molar-refractivity contribution < 1.29 is 0 Å². The molecule has 5 heteroatoms. The largest absolute Gasteiger partial charge is 0.299 e. The Balaban J connectivity index is 1.52. The summed E-state index contributed by atoms with van der Waals surface area (Å²) in [6.45, 7) is 7.67. The molecule has 19 heavy (non-hydrogen) atoms. The average molecular weight is 263 g/mol. The lowest BCUT2D eigenvalue weighted by molar-refractivity contribution is 0.197. The number of nitrogens with zero attached hydrogens (tertiary/aromatic N) is 4. The van der Waals surface area contributed by atoms with Crippen LogP contribution in [0, 0.1) is 6.92 Å². The Kier molecular flexibility index (Phi) is 4.13. The van der Waals surface area contributed by atoms with Crippen LogP contribution in [0.3, 0.4) is 0 Å². The van der Waals surface area contributed by atoms with E-state index < -0.39 is 0 Å². The zero-order valence-electron chi connectivity index (χ0n) is 11.9. The Morgan fingerprint density at radius 1 is 1.11 bits per heavy atom. The van der Waals surface area contributed by atoms with Gasteiger partial charge in [0, 0.05) is 19.1 Å². The number of nitrogens with one attached hydrogen (secondary N) is 1. The molecule has 2 heterocycles. The van der Waals surface area contributed by atoms with Gasteiger partial charge in [-0.05, 0) is 39.3 Å². The molecule has 0 radical (unpaired) electrons. The standard InChI is InChI=1S/C14H25N5/c1-12-15-14(17-16-12)11-18-7-4-8-19(10-9-18)13-5-2-3-6-13/h13H,2-11H2,1H3,(H,15,16,17). The molecule has 106 valence electrons. The van der Waals surface area contributed by atoms with Crippen LogP contribution < -0.4 is 0 Å². The summed E-state index contributed by atoms with van der Waals surface area (Å²) in [5.41, 5.74) is 0. The summed E-state index contributed by atoms with van der Waals surface area (Å²) in [4.78, 5) is 9.63. The number of hydrogen-bond donors (Lipinski definition) is 1. The topological polar surface area (TPSA) is 48.1 Å². The zero-order chi connectivity index (χ0) is 13.1. The smallest absolute Gasteiger partial charge is 0.164 e. The molecule has 0 unspecified atom stereocenters. The number of hydrogen-bond acceptors (Lipinski definition) is 4. The first-order valence-corrected chi connectivity index (χ1v) is 7.65. The normalized spacial score (nSPS) is 23.8. The van der Waals surface area contributed by atoms with E-state index in [1.165, 1.54) is 51.7 Å². The van der Waals surface area contributed by atoms with Crippen molar-refractivity contribution in [3.8, 4) is 0 Å². The summed E-state index contributed by atoms with van der Waals surface area (Å²) >= 11 is 0. The molecule has 5 nitrogen and oxygen atoms in total. The van der Waals surface area contributed by atoms with Crippen LogP contribution in [0.25, 0.3) is 0 Å². The highest BCUT2D eigenvalue weighted by molar-refractivity contribution is 4.88. The van der Waals surface area contributed by atoms with Gasteiger partial charge < -0.3 is 0 Å². The van der Waals surface area contributed by atoms with Crippen LogP contribution in [0.15, 0.2) is 0 Å². The Morgan fingerprint density at radius 3 is 2.68 bits per heavy atom. The van der Waals surface area contributed by atoms with Gasteiger partial charge in [0.1, 0.15) is 5.82 Å². The first kappa shape index (κ1) is 13.1. The SMILES string of the molecule is Cc1nc(CN2CCCN(C3CCCC3)CC2)n[nH]1. The van der Waals surface area contributed by atoms with Gasteiger partial charge in [-0.1, -0.05) is 12.8 Å². The number of aromatic nitrogens is 3. The Hall–Kier alpha value is -0.940. The molecule has 2 aliphatic rings. The van der Waals surface area contributed by atoms with Crippen LogP contribution in [0.5, 0.6) is 0 Å². The van der Waals surface area contributed by atoms with E-state index >= 15 is 0 Å². The van der Waals surface area contributed by atoms with E-state index in [9.17, 15) is 0 Å². The third-order valence-electron chi connectivity index (χ3n) is 4.47. The van der Waals surface area contributed by atoms with Gasteiger partial charge in [0.25, 0.3) is 0 Å². The molecule has 0 amide bonds. The summed E-state index contributed by atoms with van der Waals surface area (Å²) < 4.78 is 0. The van der Waals surface area contributed by atoms with Crippen LogP contribution in [0.1, 0.15) is 43.8 Å². The number of H-pyrrole nitrogens is 1. The lowest BCUT2D eigenvalue weighted by Crippen LogP contribution is -2.36. The predicted molar refractivity (Wildman–Crippen MR) is 74.8 cm³/mol. The molecule has 0 aromatic carbocycles. The van der Waals surface area contributed by atoms with Gasteiger partial charge in [0.2, 0.25) is 0 Å². The molecule has 0 bridgehead atoms. The monoisotopic (exact) mass is 263 g/mol. The van der Waals surface area contributed by atoms with Crippen molar-refractivity contribution in [3.63, 3.8) is 0 Å². The van der Waals surface area contributed by atoms with Gasteiger partial charge in [-0.15, -0.1) is 0 Å².